The third-order valence-electron chi connectivity index (χ3n) is 4.74. The Kier molecular flexibility index (Phi) is 3.62. The predicted molar refractivity (Wildman–Crippen MR) is 76.6 cm³/mol. The van der Waals surface area contributed by atoms with Gasteiger partial charge in [-0.3, -0.25) is 4.79 Å². The van der Waals surface area contributed by atoms with Crippen molar-refractivity contribution in [3.05, 3.63) is 34.4 Å². The fourth-order valence-corrected chi connectivity index (χ4v) is 3.10. The molecular formula is C17H22O2. The molecule has 0 bridgehead atoms. The van der Waals surface area contributed by atoms with Gasteiger partial charge in [0, 0.05) is 17.4 Å². The van der Waals surface area contributed by atoms with E-state index in [9.17, 15) is 9.59 Å². The molecule has 2 rings (SSSR count). The van der Waals surface area contributed by atoms with Crippen molar-refractivity contribution in [1.82, 2.24) is 0 Å². The van der Waals surface area contributed by atoms with Crippen LogP contribution in [0.25, 0.3) is 0 Å². The number of hydrogen-bond donors (Lipinski definition) is 0. The van der Waals surface area contributed by atoms with E-state index >= 15 is 0 Å². The molecule has 0 saturated carbocycles. The van der Waals surface area contributed by atoms with Crippen molar-refractivity contribution in [3.63, 3.8) is 0 Å². The quantitative estimate of drug-likeness (QED) is 0.823. The van der Waals surface area contributed by atoms with E-state index in [2.05, 4.69) is 20.8 Å². The molecule has 0 radical (unpaired) electrons. The molecule has 102 valence electrons. The molecular weight excluding hydrogens is 236 g/mol. The van der Waals surface area contributed by atoms with Gasteiger partial charge in [-0.2, -0.15) is 0 Å². The average Bonchev–Trinajstić information content (AvgIpc) is 2.66. The third-order valence-corrected chi connectivity index (χ3v) is 4.74. The lowest BCUT2D eigenvalue weighted by Crippen LogP contribution is -2.28. The van der Waals surface area contributed by atoms with Crippen LogP contribution in [0.4, 0.5) is 0 Å². The number of carbonyl (C=O) groups excluding carboxylic acids is 2. The van der Waals surface area contributed by atoms with Crippen LogP contribution in [0.2, 0.25) is 0 Å². The maximum absolute atomic E-state index is 12.7. The third kappa shape index (κ3) is 2.24. The van der Waals surface area contributed by atoms with Crippen LogP contribution in [0.15, 0.2) is 12.1 Å². The second kappa shape index (κ2) is 4.92. The van der Waals surface area contributed by atoms with E-state index in [0.717, 1.165) is 18.4 Å². The molecule has 0 N–H and O–H groups in total. The van der Waals surface area contributed by atoms with Gasteiger partial charge in [0.05, 0.1) is 0 Å². The topological polar surface area (TPSA) is 34.1 Å². The van der Waals surface area contributed by atoms with Gasteiger partial charge >= 0.3 is 0 Å². The van der Waals surface area contributed by atoms with Crippen LogP contribution in [0, 0.1) is 19.3 Å². The maximum Gasteiger partial charge on any atom is 0.169 e. The number of ketones is 2. The molecule has 2 heteroatoms. The molecule has 1 aliphatic carbocycles. The summed E-state index contributed by atoms with van der Waals surface area (Å²) in [5.41, 5.74) is 4.23. The van der Waals surface area contributed by atoms with E-state index in [1.165, 1.54) is 16.7 Å². The van der Waals surface area contributed by atoms with Gasteiger partial charge in [0.1, 0.15) is 5.78 Å². The highest BCUT2D eigenvalue weighted by Gasteiger charge is 2.44. The number of Topliss-reactive ketones (excluding diaryl/α,β-unsaturated/α-hetero) is 2. The molecule has 2 nitrogen and oxygen atoms in total. The summed E-state index contributed by atoms with van der Waals surface area (Å²) in [4.78, 5) is 24.0. The smallest absolute Gasteiger partial charge is 0.169 e. The second-order valence-electron chi connectivity index (χ2n) is 5.88. The summed E-state index contributed by atoms with van der Waals surface area (Å²) in [5, 5.41) is 0. The number of hydrogen-bond acceptors (Lipinski definition) is 2. The first kappa shape index (κ1) is 14.0. The average molecular weight is 258 g/mol. The summed E-state index contributed by atoms with van der Waals surface area (Å²) in [7, 11) is 0. The zero-order valence-corrected chi connectivity index (χ0v) is 12.3. The number of carbonyl (C=O) groups is 2. The lowest BCUT2D eigenvalue weighted by Gasteiger charge is -2.25. The fraction of sp³-hybridized carbons (Fsp3) is 0.529. The Labute approximate surface area is 115 Å². The molecule has 1 aliphatic rings. The first-order valence-corrected chi connectivity index (χ1v) is 7.04. The Morgan fingerprint density at radius 2 is 2.00 bits per heavy atom. The Bertz CT molecular complexity index is 542. The maximum atomic E-state index is 12.7. The summed E-state index contributed by atoms with van der Waals surface area (Å²) in [5.74, 6) is 0.416. The first-order valence-electron chi connectivity index (χ1n) is 7.04. The molecule has 0 fully saturated rings. The summed E-state index contributed by atoms with van der Waals surface area (Å²) < 4.78 is 0. The van der Waals surface area contributed by atoms with E-state index in [1.807, 2.05) is 12.1 Å². The second-order valence-corrected chi connectivity index (χ2v) is 5.88. The van der Waals surface area contributed by atoms with Crippen molar-refractivity contribution in [1.29, 1.82) is 0 Å². The van der Waals surface area contributed by atoms with Crippen molar-refractivity contribution in [2.45, 2.75) is 53.4 Å². The van der Waals surface area contributed by atoms with Gasteiger partial charge in [0.15, 0.2) is 5.78 Å². The van der Waals surface area contributed by atoms with Gasteiger partial charge < -0.3 is 4.79 Å². The van der Waals surface area contributed by atoms with Crippen molar-refractivity contribution >= 4 is 11.6 Å². The lowest BCUT2D eigenvalue weighted by molar-refractivity contribution is -0.117. The molecule has 1 atom stereocenters. The molecule has 0 heterocycles. The Morgan fingerprint density at radius 1 is 1.32 bits per heavy atom. The number of aryl methyl sites for hydroxylation is 1. The SMILES string of the molecule is CCC1(CCC(C)=O)Cc2c(ccc(C)c2C)C1=O. The van der Waals surface area contributed by atoms with Gasteiger partial charge in [-0.05, 0) is 56.7 Å². The molecule has 0 aliphatic heterocycles. The molecule has 1 aromatic rings. The minimum Gasteiger partial charge on any atom is -0.300 e. The van der Waals surface area contributed by atoms with Gasteiger partial charge in [0.2, 0.25) is 0 Å². The lowest BCUT2D eigenvalue weighted by atomic mass is 9.76. The largest absolute Gasteiger partial charge is 0.300 e. The summed E-state index contributed by atoms with van der Waals surface area (Å²) in [6.45, 7) is 7.84. The van der Waals surface area contributed by atoms with E-state index in [0.29, 0.717) is 12.8 Å². The summed E-state index contributed by atoms with van der Waals surface area (Å²) in [6, 6.07) is 3.99. The molecule has 0 aromatic heterocycles. The highest BCUT2D eigenvalue weighted by atomic mass is 16.1. The standard InChI is InChI=1S/C17H22O2/c1-5-17(9-8-12(3)18)10-15-13(4)11(2)6-7-14(15)16(17)19/h6-7H,5,8-10H2,1-4H3. The zero-order chi connectivity index (χ0) is 14.2. The van der Waals surface area contributed by atoms with Crippen LogP contribution in [-0.4, -0.2) is 11.6 Å². The van der Waals surface area contributed by atoms with Crippen LogP contribution >= 0.6 is 0 Å². The van der Waals surface area contributed by atoms with Gasteiger partial charge in [-0.15, -0.1) is 0 Å². The van der Waals surface area contributed by atoms with Crippen LogP contribution in [0.5, 0.6) is 0 Å². The number of fused-ring (bicyclic) bond motifs is 1. The Hall–Kier alpha value is -1.44. The number of rotatable bonds is 4. The van der Waals surface area contributed by atoms with Crippen molar-refractivity contribution < 1.29 is 9.59 Å². The van der Waals surface area contributed by atoms with Gasteiger partial charge in [-0.1, -0.05) is 19.1 Å². The van der Waals surface area contributed by atoms with E-state index in [4.69, 9.17) is 0 Å². The van der Waals surface area contributed by atoms with E-state index in [1.54, 1.807) is 6.92 Å². The summed E-state index contributed by atoms with van der Waals surface area (Å²) >= 11 is 0. The molecule has 19 heavy (non-hydrogen) atoms. The molecule has 0 saturated heterocycles. The van der Waals surface area contributed by atoms with Crippen LogP contribution < -0.4 is 0 Å². The highest BCUT2D eigenvalue weighted by molar-refractivity contribution is 6.05. The van der Waals surface area contributed by atoms with E-state index in [-0.39, 0.29) is 17.0 Å². The minimum absolute atomic E-state index is 0.171. The fourth-order valence-electron chi connectivity index (χ4n) is 3.10. The minimum atomic E-state index is -0.341. The van der Waals surface area contributed by atoms with E-state index < -0.39 is 0 Å². The molecule has 0 spiro atoms. The van der Waals surface area contributed by atoms with Crippen molar-refractivity contribution in [3.8, 4) is 0 Å². The van der Waals surface area contributed by atoms with Gasteiger partial charge in [-0.25, -0.2) is 0 Å². The predicted octanol–water partition coefficient (Wildman–Crippen LogP) is 3.81. The van der Waals surface area contributed by atoms with Crippen LogP contribution in [-0.2, 0) is 11.2 Å². The highest BCUT2D eigenvalue weighted by Crippen LogP contribution is 2.44. The Morgan fingerprint density at radius 3 is 2.58 bits per heavy atom. The van der Waals surface area contributed by atoms with Gasteiger partial charge in [0.25, 0.3) is 0 Å². The molecule has 0 amide bonds. The van der Waals surface area contributed by atoms with Crippen molar-refractivity contribution in [2.75, 3.05) is 0 Å². The molecule has 1 aromatic carbocycles. The normalized spacial score (nSPS) is 21.6. The molecule has 1 unspecified atom stereocenters. The van der Waals surface area contributed by atoms with Crippen LogP contribution in [0.3, 0.4) is 0 Å². The Balaban J connectivity index is 2.40. The monoisotopic (exact) mass is 258 g/mol. The first-order chi connectivity index (χ1) is 8.91. The zero-order valence-electron chi connectivity index (χ0n) is 12.3. The number of benzene rings is 1. The summed E-state index contributed by atoms with van der Waals surface area (Å²) in [6.07, 6.45) is 2.81. The van der Waals surface area contributed by atoms with Crippen molar-refractivity contribution in [2.24, 2.45) is 5.41 Å². The van der Waals surface area contributed by atoms with Crippen LogP contribution in [0.1, 0.15) is 60.2 Å².